The van der Waals surface area contributed by atoms with Crippen molar-refractivity contribution in [2.45, 2.75) is 39.2 Å². The van der Waals surface area contributed by atoms with Gasteiger partial charge in [-0.25, -0.2) is 9.59 Å². The molecule has 1 N–H and O–H groups in total. The fourth-order valence-electron chi connectivity index (χ4n) is 1.85. The third-order valence-corrected chi connectivity index (χ3v) is 4.58. The Morgan fingerprint density at radius 2 is 1.70 bits per heavy atom. The molecule has 0 heterocycles. The molecule has 6 heteroatoms. The van der Waals surface area contributed by atoms with Crippen molar-refractivity contribution >= 4 is 43.8 Å². The van der Waals surface area contributed by atoms with Crippen LogP contribution < -0.4 is 0 Å². The van der Waals surface area contributed by atoms with Crippen LogP contribution in [0.1, 0.15) is 54.3 Å². The first-order valence-corrected chi connectivity index (χ1v) is 7.72. The first-order valence-electron chi connectivity index (χ1n) is 6.13. The van der Waals surface area contributed by atoms with Crippen molar-refractivity contribution in [1.29, 1.82) is 0 Å². The van der Waals surface area contributed by atoms with E-state index in [1.54, 1.807) is 0 Å². The molecule has 1 aromatic carbocycles. The van der Waals surface area contributed by atoms with Gasteiger partial charge in [0.1, 0.15) is 5.60 Å². The number of carbonyl (C=O) groups excluding carboxylic acids is 1. The van der Waals surface area contributed by atoms with Crippen molar-refractivity contribution in [3.8, 4) is 0 Å². The zero-order chi connectivity index (χ0) is 15.5. The van der Waals surface area contributed by atoms with Crippen molar-refractivity contribution in [3.63, 3.8) is 0 Å². The Hall–Kier alpha value is -0.880. The minimum Gasteiger partial charge on any atom is -0.478 e. The lowest BCUT2D eigenvalue weighted by Gasteiger charge is -2.25. The molecule has 0 amide bonds. The molecule has 0 aliphatic carbocycles. The molecule has 0 radical (unpaired) electrons. The van der Waals surface area contributed by atoms with Crippen LogP contribution in [0, 0.1) is 0 Å². The molecule has 0 aliphatic rings. The smallest absolute Gasteiger partial charge is 0.339 e. The number of hydrogen-bond acceptors (Lipinski definition) is 3. The number of esters is 1. The molecule has 1 aromatic rings. The lowest BCUT2D eigenvalue weighted by atomic mass is 10.0. The van der Waals surface area contributed by atoms with Gasteiger partial charge in [-0.3, -0.25) is 0 Å². The predicted molar refractivity (Wildman–Crippen MR) is 83.2 cm³/mol. The number of aromatic carboxylic acids is 1. The lowest BCUT2D eigenvalue weighted by molar-refractivity contribution is -0.00502. The van der Waals surface area contributed by atoms with Crippen LogP contribution in [0.2, 0.25) is 0 Å². The summed E-state index contributed by atoms with van der Waals surface area (Å²) in [6, 6.07) is 2.84. The summed E-state index contributed by atoms with van der Waals surface area (Å²) in [6.07, 6.45) is 1.58. The Labute approximate surface area is 134 Å². The van der Waals surface area contributed by atoms with Crippen LogP contribution in [0.15, 0.2) is 21.1 Å². The van der Waals surface area contributed by atoms with Gasteiger partial charge in [0.2, 0.25) is 0 Å². The van der Waals surface area contributed by atoms with Crippen LogP contribution in [0.25, 0.3) is 0 Å². The molecule has 0 aliphatic heterocycles. The van der Waals surface area contributed by atoms with Crippen LogP contribution >= 0.6 is 31.9 Å². The van der Waals surface area contributed by atoms with E-state index in [1.165, 1.54) is 12.1 Å². The lowest BCUT2D eigenvalue weighted by Crippen LogP contribution is -2.28. The van der Waals surface area contributed by atoms with Gasteiger partial charge in [-0.05, 0) is 64.3 Å². The van der Waals surface area contributed by atoms with Crippen molar-refractivity contribution in [2.75, 3.05) is 0 Å². The number of ether oxygens (including phenoxy) is 1. The van der Waals surface area contributed by atoms with E-state index in [4.69, 9.17) is 4.74 Å². The summed E-state index contributed by atoms with van der Waals surface area (Å²) >= 11 is 6.48. The molecular weight excluding hydrogens is 392 g/mol. The average molecular weight is 408 g/mol. The van der Waals surface area contributed by atoms with Gasteiger partial charge in [0.15, 0.2) is 0 Å². The number of hydrogen-bond donors (Lipinski definition) is 1. The molecule has 0 saturated carbocycles. The van der Waals surface area contributed by atoms with E-state index in [-0.39, 0.29) is 11.1 Å². The molecule has 0 aromatic heterocycles. The van der Waals surface area contributed by atoms with Gasteiger partial charge >= 0.3 is 11.9 Å². The van der Waals surface area contributed by atoms with Crippen molar-refractivity contribution in [1.82, 2.24) is 0 Å². The maximum atomic E-state index is 12.2. The van der Waals surface area contributed by atoms with Crippen molar-refractivity contribution in [3.05, 3.63) is 32.2 Å². The fourth-order valence-corrected chi connectivity index (χ4v) is 2.54. The number of halogens is 2. The quantitative estimate of drug-likeness (QED) is 0.721. The van der Waals surface area contributed by atoms with Gasteiger partial charge in [-0.15, -0.1) is 0 Å². The highest BCUT2D eigenvalue weighted by atomic mass is 79.9. The Kier molecular flexibility index (Phi) is 5.77. The van der Waals surface area contributed by atoms with E-state index < -0.39 is 17.5 Å². The topological polar surface area (TPSA) is 63.6 Å². The maximum absolute atomic E-state index is 12.2. The van der Waals surface area contributed by atoms with Gasteiger partial charge < -0.3 is 9.84 Å². The number of benzene rings is 1. The van der Waals surface area contributed by atoms with E-state index in [0.717, 1.165) is 6.42 Å². The summed E-state index contributed by atoms with van der Waals surface area (Å²) in [5.74, 6) is -1.80. The normalized spacial score (nSPS) is 11.2. The SMILES string of the molecule is CCCC(C)(C)OC(=O)c1cc(Br)c(Br)cc1C(=O)O. The van der Waals surface area contributed by atoms with Crippen molar-refractivity contribution in [2.24, 2.45) is 0 Å². The van der Waals surface area contributed by atoms with Crippen LogP contribution in [0.5, 0.6) is 0 Å². The minimum atomic E-state index is -1.17. The van der Waals surface area contributed by atoms with Crippen LogP contribution in [0.3, 0.4) is 0 Å². The number of carbonyl (C=O) groups is 2. The second-order valence-corrected chi connectivity index (χ2v) is 6.72. The molecule has 110 valence electrons. The predicted octanol–water partition coefficient (Wildman–Crippen LogP) is 4.65. The summed E-state index contributed by atoms with van der Waals surface area (Å²) in [6.45, 7) is 5.61. The average Bonchev–Trinajstić information content (AvgIpc) is 2.30. The monoisotopic (exact) mass is 406 g/mol. The molecule has 0 fully saturated rings. The van der Waals surface area contributed by atoms with E-state index in [0.29, 0.717) is 15.4 Å². The molecule has 1 rings (SSSR count). The van der Waals surface area contributed by atoms with Gasteiger partial charge in [0.25, 0.3) is 0 Å². The Morgan fingerprint density at radius 1 is 1.20 bits per heavy atom. The van der Waals surface area contributed by atoms with Crippen LogP contribution in [0.4, 0.5) is 0 Å². The van der Waals surface area contributed by atoms with Gasteiger partial charge in [0, 0.05) is 8.95 Å². The van der Waals surface area contributed by atoms with E-state index in [2.05, 4.69) is 31.9 Å². The minimum absolute atomic E-state index is 0.0387. The Morgan fingerprint density at radius 3 is 2.15 bits per heavy atom. The second kappa shape index (κ2) is 6.72. The first kappa shape index (κ1) is 17.2. The zero-order valence-corrected chi connectivity index (χ0v) is 14.7. The van der Waals surface area contributed by atoms with E-state index in [9.17, 15) is 14.7 Å². The molecule has 0 spiro atoms. The third kappa shape index (κ3) is 4.31. The Balaban J connectivity index is 3.15. The standard InChI is InChI=1S/C14H16Br2O4/c1-4-5-14(2,3)20-13(19)9-7-11(16)10(15)6-8(9)12(17)18/h6-7H,4-5H2,1-3H3,(H,17,18). The molecule has 4 nitrogen and oxygen atoms in total. The molecule has 0 saturated heterocycles. The number of carboxylic acids is 1. The van der Waals surface area contributed by atoms with E-state index >= 15 is 0 Å². The number of carboxylic acid groups (broad SMARTS) is 1. The summed E-state index contributed by atoms with van der Waals surface area (Å²) in [7, 11) is 0. The summed E-state index contributed by atoms with van der Waals surface area (Å²) < 4.78 is 6.58. The molecule has 0 bridgehead atoms. The summed E-state index contributed by atoms with van der Waals surface area (Å²) in [5.41, 5.74) is -0.671. The molecular formula is C14H16Br2O4. The maximum Gasteiger partial charge on any atom is 0.339 e. The van der Waals surface area contributed by atoms with Crippen molar-refractivity contribution < 1.29 is 19.4 Å². The van der Waals surface area contributed by atoms with Gasteiger partial charge in [0.05, 0.1) is 11.1 Å². The summed E-state index contributed by atoms with van der Waals surface area (Å²) in [5, 5.41) is 9.19. The van der Waals surface area contributed by atoms with Crippen LogP contribution in [-0.4, -0.2) is 22.6 Å². The third-order valence-electron chi connectivity index (χ3n) is 2.73. The Bertz CT molecular complexity index is 538. The van der Waals surface area contributed by atoms with Crippen LogP contribution in [-0.2, 0) is 4.74 Å². The van der Waals surface area contributed by atoms with Gasteiger partial charge in [-0.2, -0.15) is 0 Å². The molecule has 0 unspecified atom stereocenters. The zero-order valence-electron chi connectivity index (χ0n) is 11.5. The van der Waals surface area contributed by atoms with E-state index in [1.807, 2.05) is 20.8 Å². The first-order chi connectivity index (χ1) is 9.18. The second-order valence-electron chi connectivity index (χ2n) is 5.02. The summed E-state index contributed by atoms with van der Waals surface area (Å²) in [4.78, 5) is 23.4. The highest BCUT2D eigenvalue weighted by molar-refractivity contribution is 9.13. The molecule has 0 atom stereocenters. The number of rotatable bonds is 5. The molecule has 20 heavy (non-hydrogen) atoms. The highest BCUT2D eigenvalue weighted by Gasteiger charge is 2.26. The largest absolute Gasteiger partial charge is 0.478 e. The van der Waals surface area contributed by atoms with Gasteiger partial charge in [-0.1, -0.05) is 13.3 Å². The highest BCUT2D eigenvalue weighted by Crippen LogP contribution is 2.29. The fraction of sp³-hybridized carbons (Fsp3) is 0.429.